The number of nitrogens with zero attached hydrogens (tertiary/aromatic N) is 1. The van der Waals surface area contributed by atoms with Crippen molar-refractivity contribution in [1.29, 1.82) is 5.41 Å². The molecule has 2 rings (SSSR count). The van der Waals surface area contributed by atoms with Gasteiger partial charge < -0.3 is 15.5 Å². The van der Waals surface area contributed by atoms with Gasteiger partial charge in [0, 0.05) is 17.3 Å². The summed E-state index contributed by atoms with van der Waals surface area (Å²) in [7, 11) is 0. The molecule has 0 aliphatic carbocycles. The smallest absolute Gasteiger partial charge is 0.131 e. The Kier molecular flexibility index (Phi) is 3.78. The first-order valence-electron chi connectivity index (χ1n) is 4.91. The van der Waals surface area contributed by atoms with E-state index in [2.05, 4.69) is 26.2 Å². The van der Waals surface area contributed by atoms with Crippen LogP contribution in [0.2, 0.25) is 5.15 Å². The third kappa shape index (κ3) is 2.53. The fraction of sp³-hybridized carbons (Fsp3) is 0.400. The predicted octanol–water partition coefficient (Wildman–Crippen LogP) is 2.70. The van der Waals surface area contributed by atoms with Crippen molar-refractivity contribution < 1.29 is 4.74 Å². The SMILES string of the molecule is N=Cc1nc(Cl)cc(Br)c1NC1CCOC1. The fourth-order valence-corrected chi connectivity index (χ4v) is 2.47. The molecule has 4 nitrogen and oxygen atoms in total. The Morgan fingerprint density at radius 1 is 1.69 bits per heavy atom. The van der Waals surface area contributed by atoms with E-state index in [1.54, 1.807) is 6.07 Å². The summed E-state index contributed by atoms with van der Waals surface area (Å²) in [6.07, 6.45) is 2.15. The summed E-state index contributed by atoms with van der Waals surface area (Å²) in [5.41, 5.74) is 1.33. The third-order valence-corrected chi connectivity index (χ3v) is 3.20. The fourth-order valence-electron chi connectivity index (χ4n) is 1.60. The molecule has 1 fully saturated rings. The van der Waals surface area contributed by atoms with Crippen LogP contribution in [0.4, 0.5) is 5.69 Å². The molecule has 0 spiro atoms. The van der Waals surface area contributed by atoms with Crippen molar-refractivity contribution in [2.45, 2.75) is 12.5 Å². The molecule has 1 saturated heterocycles. The molecule has 6 heteroatoms. The molecule has 86 valence electrons. The Hall–Kier alpha value is -0.650. The molecule has 0 radical (unpaired) electrons. The van der Waals surface area contributed by atoms with Gasteiger partial charge >= 0.3 is 0 Å². The van der Waals surface area contributed by atoms with Crippen molar-refractivity contribution in [2.75, 3.05) is 18.5 Å². The highest BCUT2D eigenvalue weighted by atomic mass is 79.9. The molecular weight excluding hydrogens is 293 g/mol. The van der Waals surface area contributed by atoms with Gasteiger partial charge in [-0.3, -0.25) is 0 Å². The van der Waals surface area contributed by atoms with Crippen LogP contribution in [-0.2, 0) is 4.74 Å². The Bertz CT molecular complexity index is 407. The molecule has 1 aliphatic heterocycles. The first-order chi connectivity index (χ1) is 7.70. The lowest BCUT2D eigenvalue weighted by atomic mass is 10.2. The lowest BCUT2D eigenvalue weighted by Gasteiger charge is -2.15. The molecule has 1 aliphatic rings. The monoisotopic (exact) mass is 303 g/mol. The van der Waals surface area contributed by atoms with Crippen LogP contribution in [0.15, 0.2) is 10.5 Å². The van der Waals surface area contributed by atoms with Gasteiger partial charge in [-0.15, -0.1) is 0 Å². The molecule has 0 amide bonds. The van der Waals surface area contributed by atoms with E-state index in [-0.39, 0.29) is 6.04 Å². The number of hydrogen-bond donors (Lipinski definition) is 2. The van der Waals surface area contributed by atoms with E-state index in [9.17, 15) is 0 Å². The number of anilines is 1. The standard InChI is InChI=1S/C10H11BrClN3O/c11-7-3-9(12)15-8(4-13)10(7)14-6-1-2-16-5-6/h3-4,6,13-14H,1-2,5H2. The molecule has 1 atom stereocenters. The van der Waals surface area contributed by atoms with Gasteiger partial charge in [0.2, 0.25) is 0 Å². The quantitative estimate of drug-likeness (QED) is 0.667. The van der Waals surface area contributed by atoms with E-state index in [1.165, 1.54) is 6.21 Å². The number of nitrogens with one attached hydrogen (secondary N) is 2. The Morgan fingerprint density at radius 3 is 3.12 bits per heavy atom. The van der Waals surface area contributed by atoms with Crippen LogP contribution >= 0.6 is 27.5 Å². The maximum atomic E-state index is 7.31. The van der Waals surface area contributed by atoms with Crippen LogP contribution in [0.5, 0.6) is 0 Å². The van der Waals surface area contributed by atoms with E-state index >= 15 is 0 Å². The van der Waals surface area contributed by atoms with Gasteiger partial charge in [-0.2, -0.15) is 0 Å². The summed E-state index contributed by atoms with van der Waals surface area (Å²) < 4.78 is 6.10. The van der Waals surface area contributed by atoms with Crippen LogP contribution in [0, 0.1) is 5.41 Å². The third-order valence-electron chi connectivity index (χ3n) is 2.38. The predicted molar refractivity (Wildman–Crippen MR) is 67.7 cm³/mol. The van der Waals surface area contributed by atoms with Gasteiger partial charge in [0.25, 0.3) is 0 Å². The summed E-state index contributed by atoms with van der Waals surface area (Å²) in [6, 6.07) is 1.99. The van der Waals surface area contributed by atoms with Crippen molar-refractivity contribution in [3.8, 4) is 0 Å². The second-order valence-corrected chi connectivity index (χ2v) is 4.78. The summed E-state index contributed by atoms with van der Waals surface area (Å²) in [4.78, 5) is 4.08. The molecule has 0 saturated carbocycles. The molecular formula is C10H11BrClN3O. The van der Waals surface area contributed by atoms with Gasteiger partial charge in [0.05, 0.1) is 18.3 Å². The zero-order valence-corrected chi connectivity index (χ0v) is 10.8. The van der Waals surface area contributed by atoms with E-state index in [4.69, 9.17) is 21.7 Å². The summed E-state index contributed by atoms with van der Waals surface area (Å²) >= 11 is 9.24. The Labute approximate surface area is 107 Å². The van der Waals surface area contributed by atoms with Crippen molar-refractivity contribution >= 4 is 39.4 Å². The largest absolute Gasteiger partial charge is 0.379 e. The highest BCUT2D eigenvalue weighted by Crippen LogP contribution is 2.28. The zero-order valence-electron chi connectivity index (χ0n) is 8.46. The Balaban J connectivity index is 2.27. The van der Waals surface area contributed by atoms with Crippen LogP contribution in [-0.4, -0.2) is 30.5 Å². The first-order valence-corrected chi connectivity index (χ1v) is 6.08. The summed E-state index contributed by atoms with van der Waals surface area (Å²) in [5, 5.41) is 11.0. The lowest BCUT2D eigenvalue weighted by Crippen LogP contribution is -2.20. The van der Waals surface area contributed by atoms with Crippen molar-refractivity contribution in [3.05, 3.63) is 21.4 Å². The topological polar surface area (TPSA) is 58.0 Å². The maximum absolute atomic E-state index is 7.31. The number of pyridine rings is 1. The van der Waals surface area contributed by atoms with Gasteiger partial charge in [0.15, 0.2) is 0 Å². The maximum Gasteiger partial charge on any atom is 0.131 e. The molecule has 0 aromatic carbocycles. The minimum atomic E-state index is 0.276. The van der Waals surface area contributed by atoms with Gasteiger partial charge in [-0.05, 0) is 28.4 Å². The number of aromatic nitrogens is 1. The van der Waals surface area contributed by atoms with Gasteiger partial charge in [0.1, 0.15) is 10.8 Å². The summed E-state index contributed by atoms with van der Waals surface area (Å²) in [6.45, 7) is 1.46. The normalized spacial score (nSPS) is 19.8. The average molecular weight is 305 g/mol. The van der Waals surface area contributed by atoms with Crippen LogP contribution in [0.25, 0.3) is 0 Å². The molecule has 1 unspecified atom stereocenters. The van der Waals surface area contributed by atoms with Crippen molar-refractivity contribution in [3.63, 3.8) is 0 Å². The minimum absolute atomic E-state index is 0.276. The number of ether oxygens (including phenoxy) is 1. The van der Waals surface area contributed by atoms with Crippen LogP contribution < -0.4 is 5.32 Å². The molecule has 2 heterocycles. The van der Waals surface area contributed by atoms with Gasteiger partial charge in [-0.1, -0.05) is 11.6 Å². The molecule has 1 aromatic heterocycles. The number of rotatable bonds is 3. The average Bonchev–Trinajstić information content (AvgIpc) is 2.74. The van der Waals surface area contributed by atoms with E-state index < -0.39 is 0 Å². The van der Waals surface area contributed by atoms with Gasteiger partial charge in [-0.25, -0.2) is 4.98 Å². The molecule has 16 heavy (non-hydrogen) atoms. The molecule has 2 N–H and O–H groups in total. The lowest BCUT2D eigenvalue weighted by molar-refractivity contribution is 0.195. The molecule has 1 aromatic rings. The highest BCUT2D eigenvalue weighted by molar-refractivity contribution is 9.10. The highest BCUT2D eigenvalue weighted by Gasteiger charge is 2.18. The first kappa shape index (κ1) is 11.8. The second kappa shape index (κ2) is 5.12. The van der Waals surface area contributed by atoms with Crippen LogP contribution in [0.3, 0.4) is 0 Å². The van der Waals surface area contributed by atoms with E-state index in [1.807, 2.05) is 0 Å². The van der Waals surface area contributed by atoms with Crippen molar-refractivity contribution in [2.24, 2.45) is 0 Å². The van der Waals surface area contributed by atoms with E-state index in [0.717, 1.165) is 23.2 Å². The van der Waals surface area contributed by atoms with Crippen LogP contribution in [0.1, 0.15) is 12.1 Å². The van der Waals surface area contributed by atoms with E-state index in [0.29, 0.717) is 17.5 Å². The second-order valence-electron chi connectivity index (χ2n) is 3.54. The number of hydrogen-bond acceptors (Lipinski definition) is 4. The number of halogens is 2. The molecule has 0 bridgehead atoms. The summed E-state index contributed by atoms with van der Waals surface area (Å²) in [5.74, 6) is 0. The van der Waals surface area contributed by atoms with Crippen molar-refractivity contribution in [1.82, 2.24) is 4.98 Å². The minimum Gasteiger partial charge on any atom is -0.379 e. The zero-order chi connectivity index (χ0) is 11.5. The Morgan fingerprint density at radius 2 is 2.50 bits per heavy atom.